The Bertz CT molecular complexity index is 834. The Hall–Kier alpha value is -2.93. The fourth-order valence-electron chi connectivity index (χ4n) is 3.29. The molecule has 2 aromatic rings. The number of hydrogen-bond acceptors (Lipinski definition) is 6. The molecule has 2 aromatic carbocycles. The van der Waals surface area contributed by atoms with Gasteiger partial charge in [0, 0.05) is 19.2 Å². The van der Waals surface area contributed by atoms with E-state index >= 15 is 0 Å². The summed E-state index contributed by atoms with van der Waals surface area (Å²) in [7, 11) is 3.25. The molecule has 0 radical (unpaired) electrons. The van der Waals surface area contributed by atoms with Crippen LogP contribution in [0.3, 0.4) is 0 Å². The Morgan fingerprint density at radius 3 is 2.57 bits per heavy atom. The van der Waals surface area contributed by atoms with E-state index in [-0.39, 0.29) is 18.1 Å². The molecular weight excluding hydrogens is 360 g/mol. The van der Waals surface area contributed by atoms with Crippen LogP contribution in [-0.2, 0) is 11.3 Å². The van der Waals surface area contributed by atoms with Gasteiger partial charge in [-0.1, -0.05) is 12.1 Å². The Labute approximate surface area is 164 Å². The van der Waals surface area contributed by atoms with Crippen LogP contribution >= 0.6 is 0 Å². The minimum atomic E-state index is -0.186. The van der Waals surface area contributed by atoms with E-state index < -0.39 is 0 Å². The van der Waals surface area contributed by atoms with Crippen molar-refractivity contribution in [2.24, 2.45) is 0 Å². The van der Waals surface area contributed by atoms with E-state index in [2.05, 4.69) is 10.2 Å². The van der Waals surface area contributed by atoms with Crippen LogP contribution in [0.4, 0.5) is 0 Å². The minimum Gasteiger partial charge on any atom is -0.497 e. The highest BCUT2D eigenvalue weighted by Crippen LogP contribution is 2.31. The van der Waals surface area contributed by atoms with E-state index in [1.165, 1.54) is 0 Å². The first-order valence-electron chi connectivity index (χ1n) is 9.28. The summed E-state index contributed by atoms with van der Waals surface area (Å²) < 4.78 is 22.2. The molecule has 1 amide bonds. The molecule has 148 valence electrons. The summed E-state index contributed by atoms with van der Waals surface area (Å²) in [4.78, 5) is 14.5. The minimum absolute atomic E-state index is 0.0114. The summed E-state index contributed by atoms with van der Waals surface area (Å²) in [5.41, 5.74) is 1.05. The van der Waals surface area contributed by atoms with Crippen LogP contribution in [0.5, 0.6) is 23.0 Å². The highest BCUT2D eigenvalue weighted by molar-refractivity contribution is 5.84. The molecule has 1 N–H and O–H groups in total. The SMILES string of the molecule is COc1cc(CN2CC2C(=O)NCC2COc3ccccc3O2)cc(OC)c1. The maximum atomic E-state index is 12.4. The molecule has 2 heterocycles. The third-order valence-electron chi connectivity index (χ3n) is 4.89. The van der Waals surface area contributed by atoms with Gasteiger partial charge in [0.2, 0.25) is 5.91 Å². The topological polar surface area (TPSA) is 69.0 Å². The maximum Gasteiger partial charge on any atom is 0.238 e. The number of ether oxygens (including phenoxy) is 4. The van der Waals surface area contributed by atoms with Crippen molar-refractivity contribution in [3.8, 4) is 23.0 Å². The molecule has 0 bridgehead atoms. The number of methoxy groups -OCH3 is 2. The molecule has 3 unspecified atom stereocenters. The van der Waals surface area contributed by atoms with Gasteiger partial charge in [-0.25, -0.2) is 0 Å². The lowest BCUT2D eigenvalue weighted by atomic mass is 10.2. The molecule has 3 atom stereocenters. The summed E-state index contributed by atoms with van der Waals surface area (Å²) in [6.07, 6.45) is -0.186. The van der Waals surface area contributed by atoms with E-state index in [0.717, 1.165) is 29.4 Å². The number of nitrogens with zero attached hydrogens (tertiary/aromatic N) is 1. The van der Waals surface area contributed by atoms with Crippen LogP contribution in [-0.4, -0.2) is 56.9 Å². The van der Waals surface area contributed by atoms with Gasteiger partial charge >= 0.3 is 0 Å². The van der Waals surface area contributed by atoms with E-state index in [4.69, 9.17) is 18.9 Å². The Balaban J connectivity index is 1.26. The van der Waals surface area contributed by atoms with Crippen LogP contribution in [0.15, 0.2) is 42.5 Å². The number of para-hydroxylation sites is 2. The highest BCUT2D eigenvalue weighted by atomic mass is 16.6. The van der Waals surface area contributed by atoms with Gasteiger partial charge in [0.05, 0.1) is 20.8 Å². The van der Waals surface area contributed by atoms with Gasteiger partial charge in [0.1, 0.15) is 30.3 Å². The number of rotatable bonds is 7. The molecule has 4 rings (SSSR count). The van der Waals surface area contributed by atoms with Crippen molar-refractivity contribution < 1.29 is 23.7 Å². The Kier molecular flexibility index (Phi) is 5.25. The van der Waals surface area contributed by atoms with Gasteiger partial charge in [-0.3, -0.25) is 9.69 Å². The number of nitrogens with one attached hydrogen (secondary N) is 1. The molecule has 0 aromatic heterocycles. The largest absolute Gasteiger partial charge is 0.497 e. The second kappa shape index (κ2) is 7.98. The molecule has 0 saturated carbocycles. The molecule has 0 aliphatic carbocycles. The summed E-state index contributed by atoms with van der Waals surface area (Å²) in [6.45, 7) is 2.25. The Morgan fingerprint density at radius 1 is 1.14 bits per heavy atom. The van der Waals surface area contributed by atoms with Crippen molar-refractivity contribution in [2.45, 2.75) is 18.7 Å². The normalized spacial score (nSPS) is 22.3. The van der Waals surface area contributed by atoms with Crippen molar-refractivity contribution in [1.29, 1.82) is 0 Å². The second-order valence-electron chi connectivity index (χ2n) is 6.91. The van der Waals surface area contributed by atoms with Gasteiger partial charge in [-0.15, -0.1) is 0 Å². The summed E-state index contributed by atoms with van der Waals surface area (Å²) >= 11 is 0. The van der Waals surface area contributed by atoms with Crippen LogP contribution < -0.4 is 24.3 Å². The van der Waals surface area contributed by atoms with Crippen molar-refractivity contribution in [3.63, 3.8) is 0 Å². The van der Waals surface area contributed by atoms with E-state index in [1.807, 2.05) is 42.5 Å². The monoisotopic (exact) mass is 384 g/mol. The lowest BCUT2D eigenvalue weighted by Gasteiger charge is -2.26. The number of carbonyl (C=O) groups excluding carboxylic acids is 1. The van der Waals surface area contributed by atoms with E-state index in [9.17, 15) is 4.79 Å². The number of fused-ring (bicyclic) bond motifs is 1. The van der Waals surface area contributed by atoms with Gasteiger partial charge < -0.3 is 24.3 Å². The molecule has 2 aliphatic heterocycles. The quantitative estimate of drug-likeness (QED) is 0.735. The van der Waals surface area contributed by atoms with Crippen LogP contribution in [0.2, 0.25) is 0 Å². The van der Waals surface area contributed by atoms with Crippen molar-refractivity contribution in [2.75, 3.05) is 33.9 Å². The number of hydrogen-bond donors (Lipinski definition) is 1. The molecule has 0 spiro atoms. The third-order valence-corrected chi connectivity index (χ3v) is 4.89. The lowest BCUT2D eigenvalue weighted by Crippen LogP contribution is -2.42. The van der Waals surface area contributed by atoms with Gasteiger partial charge in [0.15, 0.2) is 11.5 Å². The zero-order valence-corrected chi connectivity index (χ0v) is 16.0. The van der Waals surface area contributed by atoms with Crippen LogP contribution in [0.25, 0.3) is 0 Å². The molecular formula is C21H24N2O5. The number of amides is 1. The second-order valence-corrected chi connectivity index (χ2v) is 6.91. The molecule has 1 fully saturated rings. The molecule has 7 heteroatoms. The van der Waals surface area contributed by atoms with Gasteiger partial charge in [-0.05, 0) is 29.8 Å². The van der Waals surface area contributed by atoms with Crippen LogP contribution in [0, 0.1) is 0 Å². The molecule has 28 heavy (non-hydrogen) atoms. The fraction of sp³-hybridized carbons (Fsp3) is 0.381. The molecule has 1 saturated heterocycles. The first-order chi connectivity index (χ1) is 13.7. The standard InChI is InChI=1S/C21H24N2O5/c1-25-15-7-14(8-16(9-15)26-2)11-23-12-18(23)21(24)22-10-17-13-27-19-5-3-4-6-20(19)28-17/h3-9,17-18H,10-13H2,1-2H3,(H,22,24). The van der Waals surface area contributed by atoms with Gasteiger partial charge in [-0.2, -0.15) is 0 Å². The summed E-state index contributed by atoms with van der Waals surface area (Å²) in [5, 5.41) is 2.97. The van der Waals surface area contributed by atoms with Crippen LogP contribution in [0.1, 0.15) is 5.56 Å². The van der Waals surface area contributed by atoms with Crippen molar-refractivity contribution in [3.05, 3.63) is 48.0 Å². The molecule has 7 nitrogen and oxygen atoms in total. The predicted octanol–water partition coefficient (Wildman–Crippen LogP) is 1.84. The zero-order valence-electron chi connectivity index (χ0n) is 16.0. The lowest BCUT2D eigenvalue weighted by molar-refractivity contribution is -0.121. The molecule has 2 aliphatic rings. The average molecular weight is 384 g/mol. The van der Waals surface area contributed by atoms with E-state index in [0.29, 0.717) is 25.4 Å². The Morgan fingerprint density at radius 2 is 1.86 bits per heavy atom. The van der Waals surface area contributed by atoms with E-state index in [1.54, 1.807) is 14.2 Å². The number of benzene rings is 2. The first-order valence-corrected chi connectivity index (χ1v) is 9.28. The summed E-state index contributed by atoms with van der Waals surface area (Å²) in [6, 6.07) is 13.2. The zero-order chi connectivity index (χ0) is 19.5. The first kappa shape index (κ1) is 18.4. The van der Waals surface area contributed by atoms with Gasteiger partial charge in [0.25, 0.3) is 0 Å². The predicted molar refractivity (Wildman–Crippen MR) is 103 cm³/mol. The third kappa shape index (κ3) is 4.14. The highest BCUT2D eigenvalue weighted by Gasteiger charge is 2.40. The maximum absolute atomic E-state index is 12.4. The fourth-order valence-corrected chi connectivity index (χ4v) is 3.29. The van der Waals surface area contributed by atoms with Crippen molar-refractivity contribution in [1.82, 2.24) is 10.2 Å². The number of carbonyl (C=O) groups is 1. The summed E-state index contributed by atoms with van der Waals surface area (Å²) in [5.74, 6) is 2.95. The smallest absolute Gasteiger partial charge is 0.238 e. The average Bonchev–Trinajstić information content (AvgIpc) is 3.50. The van der Waals surface area contributed by atoms with Crippen molar-refractivity contribution >= 4 is 5.91 Å².